The number of ketones is 1. The summed E-state index contributed by atoms with van der Waals surface area (Å²) in [7, 11) is 0. The molecule has 0 aromatic heterocycles. The highest BCUT2D eigenvalue weighted by molar-refractivity contribution is 6.21. The Hall–Kier alpha value is -3.57. The zero-order valence-electron chi connectivity index (χ0n) is 14.9. The van der Waals surface area contributed by atoms with Crippen LogP contribution in [0.3, 0.4) is 0 Å². The number of hydrazine groups is 1. The van der Waals surface area contributed by atoms with Crippen LogP contribution in [-0.4, -0.2) is 33.7 Å². The Morgan fingerprint density at radius 2 is 1.18 bits per heavy atom. The Labute approximate surface area is 161 Å². The van der Waals surface area contributed by atoms with Crippen molar-refractivity contribution in [1.82, 2.24) is 10.0 Å². The highest BCUT2D eigenvalue weighted by atomic mass is 16.2. The number of rotatable bonds is 4. The first-order valence-electron chi connectivity index (χ1n) is 9.09. The van der Waals surface area contributed by atoms with Crippen molar-refractivity contribution in [2.24, 2.45) is 0 Å². The van der Waals surface area contributed by atoms with Gasteiger partial charge in [0.2, 0.25) is 0 Å². The largest absolute Gasteiger partial charge is 0.292 e. The van der Waals surface area contributed by atoms with Crippen LogP contribution in [0, 0.1) is 0 Å². The predicted molar refractivity (Wildman–Crippen MR) is 103 cm³/mol. The number of hydrogen-bond donors (Lipinski definition) is 0. The summed E-state index contributed by atoms with van der Waals surface area (Å²) in [6.45, 7) is 0. The van der Waals surface area contributed by atoms with Gasteiger partial charge in [-0.25, -0.2) is 5.01 Å². The van der Waals surface area contributed by atoms with Crippen molar-refractivity contribution in [3.63, 3.8) is 0 Å². The van der Waals surface area contributed by atoms with E-state index in [2.05, 4.69) is 0 Å². The quantitative estimate of drug-likeness (QED) is 0.402. The van der Waals surface area contributed by atoms with Gasteiger partial charge in [0, 0.05) is 5.56 Å². The van der Waals surface area contributed by atoms with E-state index in [0.29, 0.717) is 16.7 Å². The second-order valence-electron chi connectivity index (χ2n) is 6.88. The predicted octanol–water partition coefficient (Wildman–Crippen LogP) is 3.51. The Bertz CT molecular complexity index is 1060. The van der Waals surface area contributed by atoms with Gasteiger partial charge in [-0.2, -0.15) is 5.01 Å². The molecule has 2 aliphatic rings. The molecule has 3 aromatic carbocycles. The summed E-state index contributed by atoms with van der Waals surface area (Å²) in [6.07, 6.45) is 0. The van der Waals surface area contributed by atoms with Crippen molar-refractivity contribution in [2.45, 2.75) is 12.1 Å². The molecule has 5 heteroatoms. The molecule has 136 valence electrons. The monoisotopic (exact) mass is 368 g/mol. The second-order valence-corrected chi connectivity index (χ2v) is 6.88. The first kappa shape index (κ1) is 16.6. The molecule has 28 heavy (non-hydrogen) atoms. The van der Waals surface area contributed by atoms with Crippen molar-refractivity contribution in [3.8, 4) is 0 Å². The summed E-state index contributed by atoms with van der Waals surface area (Å²) in [5.74, 6) is -0.874. The number of benzene rings is 3. The van der Waals surface area contributed by atoms with Crippen LogP contribution in [-0.2, 0) is 0 Å². The molecule has 1 unspecified atom stereocenters. The van der Waals surface area contributed by atoms with Crippen molar-refractivity contribution < 1.29 is 14.4 Å². The van der Waals surface area contributed by atoms with Gasteiger partial charge in [-0.15, -0.1) is 0 Å². The molecule has 1 fully saturated rings. The van der Waals surface area contributed by atoms with E-state index in [0.717, 1.165) is 10.6 Å². The van der Waals surface area contributed by atoms with Crippen LogP contribution in [0.4, 0.5) is 0 Å². The molecule has 0 N–H and O–H groups in total. The minimum absolute atomic E-state index is 0.106. The van der Waals surface area contributed by atoms with Crippen LogP contribution < -0.4 is 0 Å². The van der Waals surface area contributed by atoms with Gasteiger partial charge in [-0.05, 0) is 17.7 Å². The number of Topliss-reactive ketones (excluding diaryl/α,β-unsaturated/α-hetero) is 1. The van der Waals surface area contributed by atoms with Gasteiger partial charge in [0.15, 0.2) is 5.78 Å². The Morgan fingerprint density at radius 1 is 0.679 bits per heavy atom. The summed E-state index contributed by atoms with van der Waals surface area (Å²) < 4.78 is 0. The maximum Gasteiger partial charge on any atom is 0.276 e. The lowest BCUT2D eigenvalue weighted by molar-refractivity contribution is 0.0342. The SMILES string of the molecule is O=C(c1ccccc1)[C@H]1[C@H](c2ccccc2)N1N1C(=O)c2ccccc2C1=O. The topological polar surface area (TPSA) is 57.5 Å². The highest BCUT2D eigenvalue weighted by Crippen LogP contribution is 2.48. The number of imide groups is 1. The van der Waals surface area contributed by atoms with Gasteiger partial charge in [0.25, 0.3) is 11.8 Å². The molecule has 5 nitrogen and oxygen atoms in total. The number of carbonyl (C=O) groups is 3. The summed E-state index contributed by atoms with van der Waals surface area (Å²) in [5, 5.41) is 2.74. The first-order valence-corrected chi connectivity index (χ1v) is 9.09. The zero-order chi connectivity index (χ0) is 19.3. The van der Waals surface area contributed by atoms with E-state index in [9.17, 15) is 14.4 Å². The van der Waals surface area contributed by atoms with E-state index in [1.807, 2.05) is 36.4 Å². The average Bonchev–Trinajstić information content (AvgIpc) is 3.43. The first-order chi connectivity index (χ1) is 13.7. The molecule has 2 aliphatic heterocycles. The molecule has 0 bridgehead atoms. The molecule has 2 heterocycles. The molecule has 1 saturated heterocycles. The lowest BCUT2D eigenvalue weighted by Gasteiger charge is -2.16. The average molecular weight is 368 g/mol. The van der Waals surface area contributed by atoms with Crippen LogP contribution in [0.5, 0.6) is 0 Å². The lowest BCUT2D eigenvalue weighted by atomic mass is 10.0. The van der Waals surface area contributed by atoms with Gasteiger partial charge in [-0.3, -0.25) is 14.4 Å². The van der Waals surface area contributed by atoms with E-state index in [1.165, 1.54) is 0 Å². The number of amides is 2. The third-order valence-electron chi connectivity index (χ3n) is 5.25. The number of fused-ring (bicyclic) bond motifs is 1. The van der Waals surface area contributed by atoms with Crippen LogP contribution >= 0.6 is 0 Å². The third kappa shape index (κ3) is 2.41. The lowest BCUT2D eigenvalue weighted by Crippen LogP contribution is -2.37. The van der Waals surface area contributed by atoms with E-state index < -0.39 is 6.04 Å². The fraction of sp³-hybridized carbons (Fsp3) is 0.0870. The Balaban J connectivity index is 1.55. The smallest absolute Gasteiger partial charge is 0.276 e. The minimum Gasteiger partial charge on any atom is -0.292 e. The van der Waals surface area contributed by atoms with E-state index in [1.54, 1.807) is 53.5 Å². The summed E-state index contributed by atoms with van der Waals surface area (Å²) in [4.78, 5) is 39.0. The van der Waals surface area contributed by atoms with Crippen LogP contribution in [0.15, 0.2) is 84.9 Å². The minimum atomic E-state index is -0.591. The molecule has 0 saturated carbocycles. The normalized spacial score (nSPS) is 22.9. The van der Waals surface area contributed by atoms with Crippen molar-refractivity contribution in [1.29, 1.82) is 0 Å². The molecule has 3 atom stereocenters. The standard InChI is InChI=1S/C23H16N2O3/c26-21(16-11-5-2-6-12-16)20-19(15-9-3-1-4-10-15)24(20)25-22(27)17-13-7-8-14-18(17)23(25)28/h1-14,19-20H/t19-,20+,24?/m0/s1. The summed E-state index contributed by atoms with van der Waals surface area (Å²) >= 11 is 0. The molecule has 0 aliphatic carbocycles. The molecule has 3 aromatic rings. The maximum atomic E-state index is 13.2. The summed E-state index contributed by atoms with van der Waals surface area (Å²) in [5.41, 5.74) is 2.20. The van der Waals surface area contributed by atoms with E-state index >= 15 is 0 Å². The van der Waals surface area contributed by atoms with E-state index in [4.69, 9.17) is 0 Å². The van der Waals surface area contributed by atoms with Gasteiger partial charge in [0.05, 0.1) is 17.2 Å². The van der Waals surface area contributed by atoms with Gasteiger partial charge >= 0.3 is 0 Å². The van der Waals surface area contributed by atoms with Crippen molar-refractivity contribution in [2.75, 3.05) is 0 Å². The number of carbonyl (C=O) groups excluding carboxylic acids is 3. The van der Waals surface area contributed by atoms with Gasteiger partial charge in [0.1, 0.15) is 6.04 Å². The van der Waals surface area contributed by atoms with Crippen molar-refractivity contribution >= 4 is 17.6 Å². The Kier molecular flexibility index (Phi) is 3.70. The van der Waals surface area contributed by atoms with E-state index in [-0.39, 0.29) is 23.6 Å². The Morgan fingerprint density at radius 3 is 1.75 bits per heavy atom. The zero-order valence-corrected chi connectivity index (χ0v) is 14.9. The fourth-order valence-electron chi connectivity index (χ4n) is 3.88. The highest BCUT2D eigenvalue weighted by Gasteiger charge is 2.60. The fourth-order valence-corrected chi connectivity index (χ4v) is 3.88. The molecular weight excluding hydrogens is 352 g/mol. The second kappa shape index (κ2) is 6.25. The van der Waals surface area contributed by atoms with Gasteiger partial charge in [-0.1, -0.05) is 72.8 Å². The van der Waals surface area contributed by atoms with Crippen LogP contribution in [0.1, 0.15) is 42.7 Å². The van der Waals surface area contributed by atoms with Crippen LogP contribution in [0.25, 0.3) is 0 Å². The number of nitrogens with zero attached hydrogens (tertiary/aromatic N) is 2. The molecule has 0 radical (unpaired) electrons. The molecular formula is C23H16N2O3. The van der Waals surface area contributed by atoms with Crippen molar-refractivity contribution in [3.05, 3.63) is 107 Å². The maximum absolute atomic E-state index is 13.2. The van der Waals surface area contributed by atoms with Gasteiger partial charge < -0.3 is 0 Å². The number of hydrogen-bond acceptors (Lipinski definition) is 4. The molecule has 5 rings (SSSR count). The summed E-state index contributed by atoms with van der Waals surface area (Å²) in [6, 6.07) is 24.3. The molecule has 0 spiro atoms. The van der Waals surface area contributed by atoms with Crippen LogP contribution in [0.2, 0.25) is 0 Å². The third-order valence-corrected chi connectivity index (χ3v) is 5.25. The molecule has 2 amide bonds.